The van der Waals surface area contributed by atoms with Crippen molar-refractivity contribution in [3.63, 3.8) is 0 Å². The Morgan fingerprint density at radius 1 is 1.07 bits per heavy atom. The molecule has 0 heterocycles. The zero-order valence-electron chi connectivity index (χ0n) is 17.6. The number of hydrogen-bond acceptors (Lipinski definition) is 4. The fourth-order valence-electron chi connectivity index (χ4n) is 3.80. The monoisotopic (exact) mass is 430 g/mol. The van der Waals surface area contributed by atoms with Crippen LogP contribution in [0.3, 0.4) is 0 Å². The predicted octanol–water partition coefficient (Wildman–Crippen LogP) is 3.55. The summed E-state index contributed by atoms with van der Waals surface area (Å²) in [5.74, 6) is 0.669. The van der Waals surface area contributed by atoms with Gasteiger partial charge in [-0.15, -0.1) is 0 Å². The molecular weight excluding hydrogens is 400 g/mol. The average molecular weight is 431 g/mol. The minimum atomic E-state index is -3.60. The first-order chi connectivity index (χ1) is 14.4. The highest BCUT2D eigenvalue weighted by molar-refractivity contribution is 7.89. The number of rotatable bonds is 8. The van der Waals surface area contributed by atoms with E-state index in [4.69, 9.17) is 4.74 Å². The Labute approximate surface area is 179 Å². The van der Waals surface area contributed by atoms with Crippen molar-refractivity contribution in [3.8, 4) is 5.75 Å². The summed E-state index contributed by atoms with van der Waals surface area (Å²) >= 11 is 0. The average Bonchev–Trinajstić information content (AvgIpc) is 2.74. The highest BCUT2D eigenvalue weighted by Crippen LogP contribution is 2.27. The Morgan fingerprint density at radius 3 is 2.40 bits per heavy atom. The maximum absolute atomic E-state index is 12.8. The summed E-state index contributed by atoms with van der Waals surface area (Å²) in [6, 6.07) is 14.6. The number of aryl methyl sites for hydroxylation is 1. The van der Waals surface area contributed by atoms with Crippen LogP contribution < -0.4 is 14.8 Å². The maximum Gasteiger partial charge on any atom is 0.240 e. The van der Waals surface area contributed by atoms with Crippen molar-refractivity contribution in [2.45, 2.75) is 57.0 Å². The standard InChI is InChI=1S/C23H30N2O4S/c1-3-29-22-14-13-21(15-17(22)2)30(27,28)25-20-11-9-19(10-12-20)23(26)24-16-18-7-5-4-6-8-18/h4-8,13-15,19-20,25H,3,9-12,16H2,1-2H3,(H,24,26)/t19-,20-. The fraction of sp³-hybridized carbons (Fsp3) is 0.435. The van der Waals surface area contributed by atoms with E-state index in [0.717, 1.165) is 11.1 Å². The van der Waals surface area contributed by atoms with Gasteiger partial charge < -0.3 is 10.1 Å². The van der Waals surface area contributed by atoms with Gasteiger partial charge in [0.2, 0.25) is 15.9 Å². The van der Waals surface area contributed by atoms with Gasteiger partial charge in [-0.3, -0.25) is 4.79 Å². The molecule has 3 rings (SSSR count). The number of hydrogen-bond donors (Lipinski definition) is 2. The minimum Gasteiger partial charge on any atom is -0.494 e. The maximum atomic E-state index is 12.8. The van der Waals surface area contributed by atoms with Crippen LogP contribution in [0.15, 0.2) is 53.4 Å². The lowest BCUT2D eigenvalue weighted by Gasteiger charge is -2.28. The first-order valence-corrected chi connectivity index (χ1v) is 11.9. The van der Waals surface area contributed by atoms with E-state index in [1.54, 1.807) is 18.2 Å². The Balaban J connectivity index is 1.51. The molecule has 1 fully saturated rings. The molecule has 0 atom stereocenters. The molecule has 0 aliphatic heterocycles. The number of amides is 1. The molecule has 1 saturated carbocycles. The second-order valence-corrected chi connectivity index (χ2v) is 9.45. The van der Waals surface area contributed by atoms with Gasteiger partial charge in [-0.25, -0.2) is 13.1 Å². The molecular formula is C23H30N2O4S. The molecule has 0 radical (unpaired) electrons. The molecule has 7 heteroatoms. The van der Waals surface area contributed by atoms with Crippen molar-refractivity contribution in [2.75, 3.05) is 6.61 Å². The summed E-state index contributed by atoms with van der Waals surface area (Å²) < 4.78 is 33.8. The van der Waals surface area contributed by atoms with Gasteiger partial charge in [0.05, 0.1) is 11.5 Å². The van der Waals surface area contributed by atoms with Crippen LogP contribution in [-0.2, 0) is 21.4 Å². The van der Waals surface area contributed by atoms with E-state index in [1.165, 1.54) is 0 Å². The topological polar surface area (TPSA) is 84.5 Å². The van der Waals surface area contributed by atoms with Crippen molar-refractivity contribution in [1.29, 1.82) is 0 Å². The quantitative estimate of drug-likeness (QED) is 0.671. The third-order valence-corrected chi connectivity index (χ3v) is 7.00. The minimum absolute atomic E-state index is 0.0438. The third kappa shape index (κ3) is 5.83. The molecule has 162 valence electrons. The van der Waals surface area contributed by atoms with E-state index in [-0.39, 0.29) is 22.8 Å². The van der Waals surface area contributed by atoms with Gasteiger partial charge in [-0.1, -0.05) is 30.3 Å². The molecule has 1 amide bonds. The van der Waals surface area contributed by atoms with Crippen molar-refractivity contribution in [2.24, 2.45) is 5.92 Å². The van der Waals surface area contributed by atoms with Gasteiger partial charge in [0.15, 0.2) is 0 Å². The van der Waals surface area contributed by atoms with Crippen LogP contribution in [0.4, 0.5) is 0 Å². The second kappa shape index (κ2) is 10.1. The predicted molar refractivity (Wildman–Crippen MR) is 117 cm³/mol. The van der Waals surface area contributed by atoms with Gasteiger partial charge in [0.25, 0.3) is 0 Å². The van der Waals surface area contributed by atoms with Crippen molar-refractivity contribution in [3.05, 3.63) is 59.7 Å². The molecule has 0 saturated heterocycles. The van der Waals surface area contributed by atoms with Gasteiger partial charge >= 0.3 is 0 Å². The number of carbonyl (C=O) groups excluding carboxylic acids is 1. The molecule has 0 spiro atoms. The van der Waals surface area contributed by atoms with Crippen LogP contribution in [-0.4, -0.2) is 27.0 Å². The first-order valence-electron chi connectivity index (χ1n) is 10.5. The highest BCUT2D eigenvalue weighted by atomic mass is 32.2. The number of carbonyl (C=O) groups is 1. The number of benzene rings is 2. The van der Waals surface area contributed by atoms with Crippen LogP contribution in [0.1, 0.15) is 43.7 Å². The normalized spacial score (nSPS) is 19.3. The van der Waals surface area contributed by atoms with E-state index < -0.39 is 10.0 Å². The largest absolute Gasteiger partial charge is 0.494 e. The van der Waals surface area contributed by atoms with Crippen LogP contribution in [0.5, 0.6) is 5.75 Å². The Kier molecular flexibility index (Phi) is 7.50. The zero-order valence-corrected chi connectivity index (χ0v) is 18.4. The second-order valence-electron chi connectivity index (χ2n) is 7.73. The van der Waals surface area contributed by atoms with Crippen molar-refractivity contribution in [1.82, 2.24) is 10.0 Å². The number of nitrogens with one attached hydrogen (secondary N) is 2. The molecule has 0 unspecified atom stereocenters. The lowest BCUT2D eigenvalue weighted by Crippen LogP contribution is -2.40. The van der Waals surface area contributed by atoms with Crippen LogP contribution in [0.25, 0.3) is 0 Å². The molecule has 2 N–H and O–H groups in total. The third-order valence-electron chi connectivity index (χ3n) is 5.49. The molecule has 2 aromatic rings. The van der Waals surface area contributed by atoms with Crippen LogP contribution >= 0.6 is 0 Å². The van der Waals surface area contributed by atoms with E-state index >= 15 is 0 Å². The van der Waals surface area contributed by atoms with Crippen molar-refractivity contribution >= 4 is 15.9 Å². The Bertz CT molecular complexity index is 952. The number of sulfonamides is 1. The molecule has 2 aromatic carbocycles. The smallest absolute Gasteiger partial charge is 0.240 e. The lowest BCUT2D eigenvalue weighted by molar-refractivity contribution is -0.126. The van der Waals surface area contributed by atoms with Gasteiger partial charge in [0, 0.05) is 18.5 Å². The summed E-state index contributed by atoms with van der Waals surface area (Å²) in [6.45, 7) is 4.78. The van der Waals surface area contributed by atoms with E-state index in [0.29, 0.717) is 44.6 Å². The molecule has 30 heavy (non-hydrogen) atoms. The zero-order chi connectivity index (χ0) is 21.6. The van der Waals surface area contributed by atoms with E-state index in [9.17, 15) is 13.2 Å². The van der Waals surface area contributed by atoms with E-state index in [1.807, 2.05) is 44.2 Å². The summed E-state index contributed by atoms with van der Waals surface area (Å²) in [6.07, 6.45) is 2.66. The van der Waals surface area contributed by atoms with Crippen LogP contribution in [0.2, 0.25) is 0 Å². The van der Waals surface area contributed by atoms with Gasteiger partial charge in [0.1, 0.15) is 5.75 Å². The van der Waals surface area contributed by atoms with Gasteiger partial charge in [-0.2, -0.15) is 0 Å². The summed E-state index contributed by atoms with van der Waals surface area (Å²) in [5.41, 5.74) is 1.86. The Hall–Kier alpha value is -2.38. The fourth-order valence-corrected chi connectivity index (χ4v) is 5.19. The summed E-state index contributed by atoms with van der Waals surface area (Å²) in [5, 5.41) is 2.99. The Morgan fingerprint density at radius 2 is 1.77 bits per heavy atom. The molecule has 6 nitrogen and oxygen atoms in total. The molecule has 0 bridgehead atoms. The van der Waals surface area contributed by atoms with E-state index in [2.05, 4.69) is 10.0 Å². The lowest BCUT2D eigenvalue weighted by atomic mass is 9.86. The van der Waals surface area contributed by atoms with Crippen molar-refractivity contribution < 1.29 is 17.9 Å². The highest BCUT2D eigenvalue weighted by Gasteiger charge is 2.29. The SMILES string of the molecule is CCOc1ccc(S(=O)(=O)N[C@H]2CC[C@H](C(=O)NCc3ccccc3)CC2)cc1C. The first kappa shape index (κ1) is 22.3. The summed E-state index contributed by atoms with van der Waals surface area (Å²) in [7, 11) is -3.60. The number of ether oxygens (including phenoxy) is 1. The van der Waals surface area contributed by atoms with Crippen LogP contribution in [0, 0.1) is 12.8 Å². The summed E-state index contributed by atoms with van der Waals surface area (Å²) in [4.78, 5) is 12.7. The molecule has 1 aliphatic carbocycles. The van der Waals surface area contributed by atoms with Gasteiger partial charge in [-0.05, 0) is 68.9 Å². The molecule has 1 aliphatic rings. The molecule has 0 aromatic heterocycles.